The molecule has 1 aromatic carbocycles. The summed E-state index contributed by atoms with van der Waals surface area (Å²) in [6.07, 6.45) is 0.984. The Kier molecular flexibility index (Phi) is 4.31. The lowest BCUT2D eigenvalue weighted by molar-refractivity contribution is 0.0989. The van der Waals surface area contributed by atoms with Gasteiger partial charge >= 0.3 is 0 Å². The van der Waals surface area contributed by atoms with Gasteiger partial charge in [-0.25, -0.2) is 0 Å². The summed E-state index contributed by atoms with van der Waals surface area (Å²) in [5, 5.41) is 0. The average Bonchev–Trinajstić information content (AvgIpc) is 2.39. The third-order valence-electron chi connectivity index (χ3n) is 3.16. The zero-order valence-electron chi connectivity index (χ0n) is 11.2. The molecule has 0 aromatic heterocycles. The summed E-state index contributed by atoms with van der Waals surface area (Å²) in [5.74, 6) is 0.785. The predicted molar refractivity (Wildman–Crippen MR) is 74.3 cm³/mol. The highest BCUT2D eigenvalue weighted by Gasteiger charge is 2.19. The number of nitrogens with two attached hydrogens (primary N) is 1. The van der Waals surface area contributed by atoms with Gasteiger partial charge in [-0.15, -0.1) is 0 Å². The van der Waals surface area contributed by atoms with Crippen LogP contribution in [0, 0.1) is 0 Å². The van der Waals surface area contributed by atoms with Crippen LogP contribution in [-0.2, 0) is 4.74 Å². The van der Waals surface area contributed by atoms with Crippen molar-refractivity contribution >= 4 is 11.4 Å². The van der Waals surface area contributed by atoms with Crippen LogP contribution in [0.2, 0.25) is 0 Å². The highest BCUT2D eigenvalue weighted by molar-refractivity contribution is 5.62. The molecule has 0 amide bonds. The molecule has 4 nitrogen and oxygen atoms in total. The predicted octanol–water partition coefficient (Wildman–Crippen LogP) is 2.28. The lowest BCUT2D eigenvalue weighted by Crippen LogP contribution is -2.43. The van der Waals surface area contributed by atoms with E-state index >= 15 is 0 Å². The van der Waals surface area contributed by atoms with Gasteiger partial charge in [0.05, 0.1) is 25.5 Å². The van der Waals surface area contributed by atoms with Crippen molar-refractivity contribution in [3.63, 3.8) is 0 Å². The highest BCUT2D eigenvalue weighted by atomic mass is 16.5. The van der Waals surface area contributed by atoms with E-state index in [1.54, 1.807) is 0 Å². The summed E-state index contributed by atoms with van der Waals surface area (Å²) in [4.78, 5) is 2.34. The summed E-state index contributed by atoms with van der Waals surface area (Å²) < 4.78 is 11.1. The van der Waals surface area contributed by atoms with Crippen molar-refractivity contribution in [2.24, 2.45) is 0 Å². The Balaban J connectivity index is 2.17. The maximum absolute atomic E-state index is 5.93. The number of nitrogen functional groups attached to an aromatic ring is 1. The van der Waals surface area contributed by atoms with Gasteiger partial charge in [-0.05, 0) is 25.5 Å². The monoisotopic (exact) mass is 250 g/mol. The Morgan fingerprint density at radius 3 is 3.06 bits per heavy atom. The van der Waals surface area contributed by atoms with Crippen molar-refractivity contribution in [3.05, 3.63) is 18.2 Å². The molecule has 1 atom stereocenters. The summed E-state index contributed by atoms with van der Waals surface area (Å²) >= 11 is 0. The minimum absolute atomic E-state index is 0.390. The van der Waals surface area contributed by atoms with E-state index in [1.807, 2.05) is 12.1 Å². The Morgan fingerprint density at radius 1 is 1.50 bits per heavy atom. The number of morpholine rings is 1. The maximum atomic E-state index is 5.93. The molecule has 0 spiro atoms. The van der Waals surface area contributed by atoms with Crippen LogP contribution in [0.5, 0.6) is 5.75 Å². The van der Waals surface area contributed by atoms with E-state index in [9.17, 15) is 0 Å². The molecule has 1 heterocycles. The number of hydrogen-bond donors (Lipinski definition) is 1. The van der Waals surface area contributed by atoms with Gasteiger partial charge in [-0.3, -0.25) is 0 Å². The van der Waals surface area contributed by atoms with Gasteiger partial charge in [0.1, 0.15) is 5.75 Å². The second-order valence-corrected chi connectivity index (χ2v) is 4.69. The molecule has 0 aliphatic carbocycles. The molecule has 2 N–H and O–H groups in total. The molecule has 1 fully saturated rings. The van der Waals surface area contributed by atoms with Crippen molar-refractivity contribution in [3.8, 4) is 5.75 Å². The first kappa shape index (κ1) is 13.0. The van der Waals surface area contributed by atoms with E-state index in [1.165, 1.54) is 0 Å². The standard InChI is InChI=1S/C14H22N2O2/c1-3-7-18-14-9-12(4-5-13(14)15)16-6-8-17-10-11(16)2/h4-5,9,11H,3,6-8,10,15H2,1-2H3. The number of ether oxygens (including phenoxy) is 2. The smallest absolute Gasteiger partial charge is 0.144 e. The van der Waals surface area contributed by atoms with E-state index < -0.39 is 0 Å². The first-order valence-corrected chi connectivity index (χ1v) is 6.59. The van der Waals surface area contributed by atoms with Gasteiger partial charge in [-0.1, -0.05) is 6.92 Å². The molecule has 100 valence electrons. The van der Waals surface area contributed by atoms with Gasteiger partial charge in [0.25, 0.3) is 0 Å². The van der Waals surface area contributed by atoms with Crippen molar-refractivity contribution < 1.29 is 9.47 Å². The Labute approximate surface area is 109 Å². The normalized spacial score (nSPS) is 19.9. The first-order valence-electron chi connectivity index (χ1n) is 6.59. The summed E-state index contributed by atoms with van der Waals surface area (Å²) in [6.45, 7) is 7.42. The number of benzene rings is 1. The highest BCUT2D eigenvalue weighted by Crippen LogP contribution is 2.29. The fourth-order valence-corrected chi connectivity index (χ4v) is 2.15. The van der Waals surface area contributed by atoms with Crippen molar-refractivity contribution in [2.45, 2.75) is 26.3 Å². The number of anilines is 2. The zero-order chi connectivity index (χ0) is 13.0. The van der Waals surface area contributed by atoms with Crippen LogP contribution in [-0.4, -0.2) is 32.4 Å². The lowest BCUT2D eigenvalue weighted by atomic mass is 10.2. The van der Waals surface area contributed by atoms with Gasteiger partial charge < -0.3 is 20.1 Å². The van der Waals surface area contributed by atoms with Gasteiger partial charge in [-0.2, -0.15) is 0 Å². The topological polar surface area (TPSA) is 47.7 Å². The van der Waals surface area contributed by atoms with E-state index in [-0.39, 0.29) is 0 Å². The number of rotatable bonds is 4. The summed E-state index contributed by atoms with van der Waals surface area (Å²) in [5.41, 5.74) is 7.79. The molecule has 0 saturated carbocycles. The molecule has 18 heavy (non-hydrogen) atoms. The molecule has 4 heteroatoms. The van der Waals surface area contributed by atoms with Gasteiger partial charge in [0.2, 0.25) is 0 Å². The summed E-state index contributed by atoms with van der Waals surface area (Å²) in [6, 6.07) is 6.40. The minimum atomic E-state index is 0.390. The Hall–Kier alpha value is -1.42. The van der Waals surface area contributed by atoms with Crippen molar-refractivity contribution in [1.29, 1.82) is 0 Å². The number of hydrogen-bond acceptors (Lipinski definition) is 4. The molecule has 1 aromatic rings. The van der Waals surface area contributed by atoms with Crippen LogP contribution in [0.3, 0.4) is 0 Å². The molecule has 1 saturated heterocycles. The fourth-order valence-electron chi connectivity index (χ4n) is 2.15. The van der Waals surface area contributed by atoms with Crippen LogP contribution in [0.4, 0.5) is 11.4 Å². The quantitative estimate of drug-likeness (QED) is 0.833. The number of nitrogens with zero attached hydrogens (tertiary/aromatic N) is 1. The Morgan fingerprint density at radius 2 is 2.33 bits per heavy atom. The van der Waals surface area contributed by atoms with Crippen molar-refractivity contribution in [2.75, 3.05) is 37.0 Å². The van der Waals surface area contributed by atoms with Gasteiger partial charge in [0, 0.05) is 24.3 Å². The molecule has 0 radical (unpaired) electrons. The largest absolute Gasteiger partial charge is 0.491 e. The fraction of sp³-hybridized carbons (Fsp3) is 0.571. The van der Waals surface area contributed by atoms with E-state index in [2.05, 4.69) is 24.8 Å². The van der Waals surface area contributed by atoms with E-state index in [0.717, 1.165) is 37.6 Å². The van der Waals surface area contributed by atoms with Crippen LogP contribution in [0.1, 0.15) is 20.3 Å². The molecular formula is C14H22N2O2. The van der Waals surface area contributed by atoms with Crippen LogP contribution in [0.15, 0.2) is 18.2 Å². The molecule has 1 aliphatic rings. The molecular weight excluding hydrogens is 228 g/mol. The molecule has 1 unspecified atom stereocenters. The third-order valence-corrected chi connectivity index (χ3v) is 3.16. The Bertz CT molecular complexity index is 395. The summed E-state index contributed by atoms with van der Waals surface area (Å²) in [7, 11) is 0. The zero-order valence-corrected chi connectivity index (χ0v) is 11.2. The average molecular weight is 250 g/mol. The first-order chi connectivity index (χ1) is 8.72. The van der Waals surface area contributed by atoms with E-state index in [4.69, 9.17) is 15.2 Å². The SMILES string of the molecule is CCCOc1cc(N2CCOCC2C)ccc1N. The molecule has 0 bridgehead atoms. The molecule has 1 aliphatic heterocycles. The van der Waals surface area contributed by atoms with E-state index in [0.29, 0.717) is 18.3 Å². The maximum Gasteiger partial charge on any atom is 0.144 e. The second kappa shape index (κ2) is 5.96. The van der Waals surface area contributed by atoms with Gasteiger partial charge in [0.15, 0.2) is 0 Å². The third kappa shape index (κ3) is 2.88. The minimum Gasteiger partial charge on any atom is -0.491 e. The lowest BCUT2D eigenvalue weighted by Gasteiger charge is -2.35. The molecule has 2 rings (SSSR count). The van der Waals surface area contributed by atoms with Crippen LogP contribution >= 0.6 is 0 Å². The van der Waals surface area contributed by atoms with Crippen LogP contribution in [0.25, 0.3) is 0 Å². The van der Waals surface area contributed by atoms with Crippen molar-refractivity contribution in [1.82, 2.24) is 0 Å². The second-order valence-electron chi connectivity index (χ2n) is 4.69. The van der Waals surface area contributed by atoms with Crippen LogP contribution < -0.4 is 15.4 Å².